The number of nitrogens with one attached hydrogen (secondary N) is 1. The first-order valence-electron chi connectivity index (χ1n) is 11.0. The first-order valence-corrected chi connectivity index (χ1v) is 15.3. The molecule has 37 heavy (non-hydrogen) atoms. The number of halogens is 2. The van der Waals surface area contributed by atoms with Gasteiger partial charge in [0.15, 0.2) is 6.61 Å². The van der Waals surface area contributed by atoms with E-state index in [1.165, 1.54) is 29.2 Å². The van der Waals surface area contributed by atoms with Crippen LogP contribution in [0.25, 0.3) is 0 Å². The lowest BCUT2D eigenvalue weighted by Gasteiger charge is -2.11. The number of hydrazone groups is 1. The molecule has 1 aliphatic rings. The zero-order chi connectivity index (χ0) is 26.2. The minimum Gasteiger partial charge on any atom is -0.487 e. The van der Waals surface area contributed by atoms with Gasteiger partial charge in [0, 0.05) is 23.6 Å². The molecule has 0 atom stereocenters. The van der Waals surface area contributed by atoms with E-state index in [0.717, 1.165) is 18.3 Å². The highest BCUT2D eigenvalue weighted by Crippen LogP contribution is 2.45. The summed E-state index contributed by atoms with van der Waals surface area (Å²) >= 11 is 8.25. The number of rotatable bonds is 10. The van der Waals surface area contributed by atoms with E-state index in [4.69, 9.17) is 9.47 Å². The van der Waals surface area contributed by atoms with E-state index in [-0.39, 0.29) is 24.8 Å². The van der Waals surface area contributed by atoms with E-state index in [1.54, 1.807) is 18.3 Å². The molecule has 0 aromatic heterocycles. The summed E-state index contributed by atoms with van der Waals surface area (Å²) in [6, 6.07) is 17.9. The van der Waals surface area contributed by atoms with Crippen molar-refractivity contribution in [3.63, 3.8) is 0 Å². The lowest BCUT2D eigenvalue weighted by atomic mass is 10.2. The van der Waals surface area contributed by atoms with E-state index in [2.05, 4.69) is 55.7 Å². The fourth-order valence-electron chi connectivity index (χ4n) is 3.29. The summed E-state index contributed by atoms with van der Waals surface area (Å²) in [5, 5.41) is 14.8. The molecule has 1 fully saturated rings. The molecule has 0 bridgehead atoms. The van der Waals surface area contributed by atoms with Gasteiger partial charge in [0.05, 0.1) is 22.9 Å². The number of nitro groups is 1. The van der Waals surface area contributed by atoms with Gasteiger partial charge in [-0.05, 0) is 98.3 Å². The summed E-state index contributed by atoms with van der Waals surface area (Å²) in [4.78, 5) is 22.5. The van der Waals surface area contributed by atoms with Crippen molar-refractivity contribution in [2.45, 2.75) is 11.2 Å². The molecule has 0 aliphatic carbocycles. The highest BCUT2D eigenvalue weighted by Gasteiger charge is 2.18. The molecular weight excluding hydrogens is 740 g/mol. The molecule has 4 rings (SSSR count). The zero-order valence-electron chi connectivity index (χ0n) is 19.3. The number of nitrogens with zero attached hydrogens (tertiary/aromatic N) is 2. The summed E-state index contributed by atoms with van der Waals surface area (Å²) in [7, 11) is 0. The van der Waals surface area contributed by atoms with Crippen molar-refractivity contribution in [3.05, 3.63) is 94.6 Å². The molecule has 1 N–H and O–H groups in total. The van der Waals surface area contributed by atoms with Gasteiger partial charge in [-0.15, -0.1) is 23.5 Å². The summed E-state index contributed by atoms with van der Waals surface area (Å²) < 4.78 is 13.7. The van der Waals surface area contributed by atoms with Gasteiger partial charge < -0.3 is 9.47 Å². The Morgan fingerprint density at radius 3 is 2.32 bits per heavy atom. The number of amides is 1. The summed E-state index contributed by atoms with van der Waals surface area (Å²) in [5.41, 5.74) is 5.42. The van der Waals surface area contributed by atoms with E-state index < -0.39 is 4.92 Å². The van der Waals surface area contributed by atoms with Gasteiger partial charge in [-0.2, -0.15) is 5.10 Å². The van der Waals surface area contributed by atoms with E-state index in [1.807, 2.05) is 59.9 Å². The topological polar surface area (TPSA) is 103 Å². The van der Waals surface area contributed by atoms with Crippen LogP contribution in [0.4, 0.5) is 5.69 Å². The molecule has 1 aliphatic heterocycles. The molecule has 12 heteroatoms. The summed E-state index contributed by atoms with van der Waals surface area (Å²) in [5.74, 6) is 3.35. The van der Waals surface area contributed by atoms with Gasteiger partial charge in [-0.25, -0.2) is 5.43 Å². The lowest BCUT2D eigenvalue weighted by Crippen LogP contribution is -2.24. The van der Waals surface area contributed by atoms with Crippen LogP contribution in [0.3, 0.4) is 0 Å². The number of non-ortho nitro benzene ring substituents is 1. The molecule has 1 heterocycles. The highest BCUT2D eigenvalue weighted by atomic mass is 127. The Morgan fingerprint density at radius 1 is 1.05 bits per heavy atom. The van der Waals surface area contributed by atoms with Crippen LogP contribution in [-0.2, 0) is 11.4 Å². The van der Waals surface area contributed by atoms with Crippen LogP contribution < -0.4 is 14.9 Å². The Balaban J connectivity index is 1.25. The molecule has 0 unspecified atom stereocenters. The minimum atomic E-state index is -0.430. The Hall–Kier alpha value is -2.04. The molecule has 1 saturated heterocycles. The second-order valence-corrected chi connectivity index (χ2v) is 12.8. The smallest absolute Gasteiger partial charge is 0.277 e. The normalized spacial score (nSPS) is 13.6. The molecule has 192 valence electrons. The van der Waals surface area contributed by atoms with Gasteiger partial charge >= 0.3 is 0 Å². The van der Waals surface area contributed by atoms with E-state index >= 15 is 0 Å². The van der Waals surface area contributed by atoms with Crippen LogP contribution in [0.1, 0.15) is 21.3 Å². The molecule has 0 radical (unpaired) electrons. The van der Waals surface area contributed by atoms with E-state index in [9.17, 15) is 14.9 Å². The van der Waals surface area contributed by atoms with Gasteiger partial charge in [0.2, 0.25) is 0 Å². The van der Waals surface area contributed by atoms with Crippen molar-refractivity contribution in [2.75, 3.05) is 18.1 Å². The molecular formula is C25H21I2N3O5S2. The minimum absolute atomic E-state index is 0.0434. The lowest BCUT2D eigenvalue weighted by molar-refractivity contribution is -0.384. The molecule has 0 saturated carbocycles. The molecule has 1 amide bonds. The predicted molar refractivity (Wildman–Crippen MR) is 165 cm³/mol. The van der Waals surface area contributed by atoms with Crippen molar-refractivity contribution in [3.8, 4) is 11.5 Å². The molecule has 3 aromatic rings. The number of hydrogen-bond acceptors (Lipinski definition) is 8. The van der Waals surface area contributed by atoms with Crippen LogP contribution >= 0.6 is 68.7 Å². The third-order valence-electron chi connectivity index (χ3n) is 5.10. The fraction of sp³-hybridized carbons (Fsp3) is 0.200. The third-order valence-corrected chi connectivity index (χ3v) is 9.80. The number of benzene rings is 3. The largest absolute Gasteiger partial charge is 0.487 e. The Kier molecular flexibility index (Phi) is 10.3. The number of thioether (sulfide) groups is 2. The van der Waals surface area contributed by atoms with Gasteiger partial charge in [0.1, 0.15) is 18.1 Å². The average Bonchev–Trinajstić information content (AvgIpc) is 3.43. The van der Waals surface area contributed by atoms with Crippen molar-refractivity contribution in [1.29, 1.82) is 0 Å². The second kappa shape index (κ2) is 13.7. The maximum Gasteiger partial charge on any atom is 0.277 e. The predicted octanol–water partition coefficient (Wildman–Crippen LogP) is 6.39. The van der Waals surface area contributed by atoms with Crippen molar-refractivity contribution >= 4 is 86.5 Å². The first-order chi connectivity index (χ1) is 17.9. The standard InChI is InChI=1S/C25H21I2N3O5S2/c26-21-11-17(12-22(27)24(21)35-14-16-1-5-19(6-2-16)30(32)33)13-28-29-23(31)15-34-20-7-3-18(4-8-20)25-36-9-10-37-25/h1-8,11-13,25H,9-10,14-15H2,(H,29,31)/b28-13-. The van der Waals surface area contributed by atoms with Crippen molar-refractivity contribution in [2.24, 2.45) is 5.10 Å². The summed E-state index contributed by atoms with van der Waals surface area (Å²) in [6.45, 7) is 0.156. The van der Waals surface area contributed by atoms with Crippen molar-refractivity contribution in [1.82, 2.24) is 5.43 Å². The number of nitro benzene ring substituents is 1. The third kappa shape index (κ3) is 8.22. The zero-order valence-corrected chi connectivity index (χ0v) is 25.2. The number of carbonyl (C=O) groups excluding carboxylic acids is 1. The quantitative estimate of drug-likeness (QED) is 0.111. The Bertz CT molecular complexity index is 1260. The SMILES string of the molecule is O=C(COc1ccc(C2SCCS2)cc1)N/N=C\c1cc(I)c(OCc2ccc([N+](=O)[O-])cc2)c(I)c1. The van der Waals surface area contributed by atoms with Crippen LogP contribution in [0, 0.1) is 17.3 Å². The molecule has 3 aromatic carbocycles. The first kappa shape index (κ1) is 28.0. The number of hydrogen-bond donors (Lipinski definition) is 1. The Morgan fingerprint density at radius 2 is 1.70 bits per heavy atom. The fourth-order valence-corrected chi connectivity index (χ4v) is 8.28. The van der Waals surface area contributed by atoms with Gasteiger partial charge in [0.25, 0.3) is 11.6 Å². The maximum absolute atomic E-state index is 12.1. The average molecular weight is 761 g/mol. The number of carbonyl (C=O) groups is 1. The highest BCUT2D eigenvalue weighted by molar-refractivity contribution is 14.1. The molecule has 0 spiro atoms. The second-order valence-electron chi connectivity index (χ2n) is 7.75. The van der Waals surface area contributed by atoms with Gasteiger partial charge in [-0.3, -0.25) is 14.9 Å². The molecule has 8 nitrogen and oxygen atoms in total. The van der Waals surface area contributed by atoms with Crippen LogP contribution in [0.2, 0.25) is 0 Å². The van der Waals surface area contributed by atoms with E-state index in [0.29, 0.717) is 16.1 Å². The van der Waals surface area contributed by atoms with Crippen LogP contribution in [0.15, 0.2) is 65.8 Å². The van der Waals surface area contributed by atoms with Crippen LogP contribution in [-0.4, -0.2) is 35.2 Å². The van der Waals surface area contributed by atoms with Gasteiger partial charge in [-0.1, -0.05) is 12.1 Å². The maximum atomic E-state index is 12.1. The summed E-state index contributed by atoms with van der Waals surface area (Å²) in [6.07, 6.45) is 1.56. The monoisotopic (exact) mass is 761 g/mol. The number of ether oxygens (including phenoxy) is 2. The van der Waals surface area contributed by atoms with Crippen molar-refractivity contribution < 1.29 is 19.2 Å². The Labute approximate surface area is 249 Å². The van der Waals surface area contributed by atoms with Crippen LogP contribution in [0.5, 0.6) is 11.5 Å².